The van der Waals surface area contributed by atoms with E-state index in [9.17, 15) is 4.79 Å². The van der Waals surface area contributed by atoms with Crippen LogP contribution >= 0.6 is 11.9 Å². The first kappa shape index (κ1) is 11.3. The highest BCUT2D eigenvalue weighted by atomic mass is 32.2. The van der Waals surface area contributed by atoms with Gasteiger partial charge in [-0.15, -0.1) is 0 Å². The predicted octanol–water partition coefficient (Wildman–Crippen LogP) is -0.197. The van der Waals surface area contributed by atoms with Crippen molar-refractivity contribution in [3.05, 3.63) is 10.6 Å². The van der Waals surface area contributed by atoms with Gasteiger partial charge in [-0.3, -0.25) is 14.8 Å². The van der Waals surface area contributed by atoms with E-state index in [4.69, 9.17) is 10.9 Å². The third-order valence-corrected chi connectivity index (χ3v) is 1.92. The van der Waals surface area contributed by atoms with E-state index in [1.807, 2.05) is 0 Å². The first-order valence-electron chi connectivity index (χ1n) is 3.19. The molecule has 0 aliphatic rings. The number of rotatable bonds is 3. The number of allylic oxidation sites excluding steroid dienone is 1. The first-order chi connectivity index (χ1) is 5.54. The van der Waals surface area contributed by atoms with Crippen molar-refractivity contribution in [2.24, 2.45) is 10.9 Å². The Labute approximate surface area is 75.8 Å². The summed E-state index contributed by atoms with van der Waals surface area (Å²) in [5, 5.41) is 6.26. The van der Waals surface area contributed by atoms with Gasteiger partial charge in [0, 0.05) is 12.0 Å². The Morgan fingerprint density at radius 1 is 1.58 bits per heavy atom. The van der Waals surface area contributed by atoms with Crippen LogP contribution in [-0.4, -0.2) is 25.1 Å². The largest absolute Gasteiger partial charge is 0.394 e. The Hall–Kier alpha value is -0.720. The summed E-state index contributed by atoms with van der Waals surface area (Å²) in [6.07, 6.45) is 0. The number of amides is 1. The van der Waals surface area contributed by atoms with E-state index in [2.05, 4.69) is 4.84 Å². The molecule has 4 N–H and O–H groups in total. The zero-order valence-corrected chi connectivity index (χ0v) is 8.14. The molecule has 1 amide bonds. The van der Waals surface area contributed by atoms with Crippen LogP contribution in [0.15, 0.2) is 10.6 Å². The average molecular weight is 191 g/mol. The minimum atomic E-state index is -0.395. The van der Waals surface area contributed by atoms with Crippen molar-refractivity contribution in [2.45, 2.75) is 6.92 Å². The van der Waals surface area contributed by atoms with Crippen LogP contribution in [0.3, 0.4) is 0 Å². The number of hydrogen-bond acceptors (Lipinski definition) is 5. The van der Waals surface area contributed by atoms with E-state index in [-0.39, 0.29) is 5.70 Å². The summed E-state index contributed by atoms with van der Waals surface area (Å²) in [5.41, 5.74) is 5.56. The van der Waals surface area contributed by atoms with Crippen molar-refractivity contribution in [1.82, 2.24) is 5.06 Å². The zero-order valence-electron chi connectivity index (χ0n) is 7.33. The topological polar surface area (TPSA) is 81.6 Å². The van der Waals surface area contributed by atoms with E-state index in [1.165, 1.54) is 14.2 Å². The number of carbonyl (C=O) groups excluding carboxylic acids is 1. The number of nitrogens with two attached hydrogens (primary N) is 2. The lowest BCUT2D eigenvalue weighted by molar-refractivity contribution is -0.164. The van der Waals surface area contributed by atoms with Crippen LogP contribution in [0.5, 0.6) is 0 Å². The zero-order chi connectivity index (χ0) is 9.72. The maximum Gasteiger partial charge on any atom is 0.293 e. The lowest BCUT2D eigenvalue weighted by atomic mass is 10.4. The van der Waals surface area contributed by atoms with Crippen molar-refractivity contribution in [3.63, 3.8) is 0 Å². The maximum atomic E-state index is 11.2. The predicted molar refractivity (Wildman–Crippen MR) is 48.4 cm³/mol. The van der Waals surface area contributed by atoms with Gasteiger partial charge in [0.05, 0.1) is 7.11 Å². The molecular weight excluding hydrogens is 178 g/mol. The quantitative estimate of drug-likeness (QED) is 0.367. The van der Waals surface area contributed by atoms with E-state index < -0.39 is 5.91 Å². The van der Waals surface area contributed by atoms with Crippen LogP contribution in [0.25, 0.3) is 0 Å². The van der Waals surface area contributed by atoms with Gasteiger partial charge < -0.3 is 5.73 Å². The van der Waals surface area contributed by atoms with Gasteiger partial charge in [0.2, 0.25) is 0 Å². The molecule has 0 unspecified atom stereocenters. The second-order valence-electron chi connectivity index (χ2n) is 2.07. The van der Waals surface area contributed by atoms with Gasteiger partial charge in [-0.1, -0.05) is 11.9 Å². The molecule has 0 heterocycles. The lowest BCUT2D eigenvalue weighted by Gasteiger charge is -2.14. The van der Waals surface area contributed by atoms with E-state index in [0.29, 0.717) is 4.91 Å². The number of nitrogens with zero attached hydrogens (tertiary/aromatic N) is 1. The third-order valence-electron chi connectivity index (χ3n) is 1.35. The van der Waals surface area contributed by atoms with Crippen LogP contribution in [0.2, 0.25) is 0 Å². The van der Waals surface area contributed by atoms with Gasteiger partial charge in [-0.05, 0) is 6.92 Å². The Bertz CT molecular complexity index is 205. The smallest absolute Gasteiger partial charge is 0.293 e. The van der Waals surface area contributed by atoms with Gasteiger partial charge in [-0.25, -0.2) is 5.06 Å². The monoisotopic (exact) mass is 191 g/mol. The molecule has 0 rings (SSSR count). The van der Waals surface area contributed by atoms with Crippen LogP contribution in [-0.2, 0) is 9.63 Å². The highest BCUT2D eigenvalue weighted by Gasteiger charge is 2.13. The van der Waals surface area contributed by atoms with Crippen molar-refractivity contribution in [3.8, 4) is 0 Å². The van der Waals surface area contributed by atoms with Gasteiger partial charge in [0.25, 0.3) is 5.91 Å². The average Bonchev–Trinajstić information content (AvgIpc) is 2.12. The number of hydrogen-bond donors (Lipinski definition) is 2. The summed E-state index contributed by atoms with van der Waals surface area (Å²) in [4.78, 5) is 16.4. The lowest BCUT2D eigenvalue weighted by Crippen LogP contribution is -2.30. The molecule has 0 aliphatic heterocycles. The fourth-order valence-electron chi connectivity index (χ4n) is 0.467. The normalized spacial score (nSPS) is 12.3. The minimum absolute atomic E-state index is 0.104. The fourth-order valence-corrected chi connectivity index (χ4v) is 0.681. The van der Waals surface area contributed by atoms with E-state index in [0.717, 1.165) is 17.0 Å². The van der Waals surface area contributed by atoms with Crippen molar-refractivity contribution in [2.75, 3.05) is 14.2 Å². The Morgan fingerprint density at radius 3 is 2.42 bits per heavy atom. The van der Waals surface area contributed by atoms with Gasteiger partial charge >= 0.3 is 0 Å². The minimum Gasteiger partial charge on any atom is -0.394 e. The van der Waals surface area contributed by atoms with Crippen LogP contribution in [0.4, 0.5) is 0 Å². The summed E-state index contributed by atoms with van der Waals surface area (Å²) in [6.45, 7) is 1.67. The molecule has 0 aromatic rings. The second kappa shape index (κ2) is 5.02. The fraction of sp³-hybridized carbons (Fsp3) is 0.500. The molecule has 70 valence electrons. The molecule has 5 nitrogen and oxygen atoms in total. The molecule has 0 spiro atoms. The summed E-state index contributed by atoms with van der Waals surface area (Å²) < 4.78 is 0. The molecule has 0 aliphatic carbocycles. The Kier molecular flexibility index (Phi) is 4.72. The summed E-state index contributed by atoms with van der Waals surface area (Å²) in [5.74, 6) is -0.395. The Balaban J connectivity index is 4.49. The molecule has 12 heavy (non-hydrogen) atoms. The molecular formula is C6H13N3O2S. The highest BCUT2D eigenvalue weighted by molar-refractivity contribution is 8.00. The molecule has 0 saturated carbocycles. The standard InChI is InChI=1S/C6H13N3O2S/c1-4(12-8)5(7)6(10)9(2)11-3/h7-8H2,1-3H3/b5-4-. The SMILES string of the molecule is CON(C)C(=O)/C(N)=C(\C)SN. The van der Waals surface area contributed by atoms with Crippen LogP contribution < -0.4 is 10.9 Å². The molecule has 0 aromatic carbocycles. The molecule has 0 saturated heterocycles. The van der Waals surface area contributed by atoms with Crippen LogP contribution in [0.1, 0.15) is 6.92 Å². The first-order valence-corrected chi connectivity index (χ1v) is 4.07. The maximum absolute atomic E-state index is 11.2. The third kappa shape index (κ3) is 2.72. The molecule has 0 bridgehead atoms. The summed E-state index contributed by atoms with van der Waals surface area (Å²) in [6, 6.07) is 0. The molecule has 0 aromatic heterocycles. The van der Waals surface area contributed by atoms with Gasteiger partial charge in [-0.2, -0.15) is 0 Å². The highest BCUT2D eigenvalue weighted by Crippen LogP contribution is 2.10. The van der Waals surface area contributed by atoms with E-state index in [1.54, 1.807) is 6.92 Å². The van der Waals surface area contributed by atoms with Crippen molar-refractivity contribution < 1.29 is 9.63 Å². The molecule has 0 atom stereocenters. The summed E-state index contributed by atoms with van der Waals surface area (Å²) >= 11 is 0.941. The number of carbonyl (C=O) groups is 1. The van der Waals surface area contributed by atoms with Gasteiger partial charge in [0.1, 0.15) is 5.70 Å². The Morgan fingerprint density at radius 2 is 2.08 bits per heavy atom. The van der Waals surface area contributed by atoms with Crippen molar-refractivity contribution in [1.29, 1.82) is 0 Å². The number of hydroxylamine groups is 2. The second-order valence-corrected chi connectivity index (χ2v) is 2.92. The molecule has 0 fully saturated rings. The van der Waals surface area contributed by atoms with Gasteiger partial charge in [0.15, 0.2) is 0 Å². The summed E-state index contributed by atoms with van der Waals surface area (Å²) in [7, 11) is 2.86. The van der Waals surface area contributed by atoms with E-state index >= 15 is 0 Å². The molecule has 0 radical (unpaired) electrons. The van der Waals surface area contributed by atoms with Crippen LogP contribution in [0, 0.1) is 0 Å². The molecule has 6 heteroatoms. The number of likely N-dealkylation sites (N-methyl/N-ethyl adjacent to an activating group) is 1. The van der Waals surface area contributed by atoms with Crippen molar-refractivity contribution >= 4 is 17.9 Å².